The summed E-state index contributed by atoms with van der Waals surface area (Å²) in [4.78, 5) is 27.9. The molecule has 1 aliphatic heterocycles. The first-order chi connectivity index (χ1) is 11.7. The zero-order valence-electron chi connectivity index (χ0n) is 14.8. The van der Waals surface area contributed by atoms with E-state index in [1.807, 2.05) is 6.92 Å². The van der Waals surface area contributed by atoms with Crippen LogP contribution in [-0.2, 0) is 14.8 Å². The van der Waals surface area contributed by atoms with E-state index in [1.54, 1.807) is 28.9 Å². The van der Waals surface area contributed by atoms with Crippen molar-refractivity contribution in [1.29, 1.82) is 0 Å². The molecule has 1 atom stereocenters. The summed E-state index contributed by atoms with van der Waals surface area (Å²) in [6, 6.07) is 3.03. The Kier molecular flexibility index (Phi) is 6.23. The van der Waals surface area contributed by atoms with Gasteiger partial charge in [0.2, 0.25) is 15.9 Å². The first-order valence-corrected chi connectivity index (χ1v) is 10.2. The second-order valence-electron chi connectivity index (χ2n) is 6.22. The average molecular weight is 371 g/mol. The Balaban J connectivity index is 1.93. The van der Waals surface area contributed by atoms with E-state index in [2.05, 4.69) is 0 Å². The normalized spacial score (nSPS) is 17.0. The Labute approximate surface area is 148 Å². The molecule has 0 saturated carbocycles. The van der Waals surface area contributed by atoms with E-state index < -0.39 is 10.0 Å². The van der Waals surface area contributed by atoms with Crippen molar-refractivity contribution in [1.82, 2.24) is 14.1 Å². The van der Waals surface area contributed by atoms with Crippen LogP contribution in [0, 0.1) is 0 Å². The molecule has 1 unspecified atom stereocenters. The minimum atomic E-state index is -3.45. The highest BCUT2D eigenvalue weighted by Gasteiger charge is 2.30. The summed E-state index contributed by atoms with van der Waals surface area (Å²) in [5, 5.41) is 0. The third kappa shape index (κ3) is 4.82. The van der Waals surface area contributed by atoms with Crippen LogP contribution in [0.1, 0.15) is 30.8 Å². The Morgan fingerprint density at radius 3 is 2.32 bits per heavy atom. The molecule has 0 aromatic carbocycles. The van der Waals surface area contributed by atoms with Gasteiger partial charge >= 0.3 is 0 Å². The van der Waals surface area contributed by atoms with Crippen LogP contribution in [0.15, 0.2) is 22.8 Å². The highest BCUT2D eigenvalue weighted by Crippen LogP contribution is 2.12. The van der Waals surface area contributed by atoms with E-state index in [1.165, 1.54) is 10.6 Å². The Morgan fingerprint density at radius 2 is 1.84 bits per heavy atom. The van der Waals surface area contributed by atoms with Crippen molar-refractivity contribution in [3.8, 4) is 0 Å². The molecule has 8 nitrogen and oxygen atoms in total. The van der Waals surface area contributed by atoms with Crippen molar-refractivity contribution in [3.05, 3.63) is 24.2 Å². The number of carbonyl (C=O) groups excluding carboxylic acids is 2. The molecule has 0 N–H and O–H groups in total. The first-order valence-electron chi connectivity index (χ1n) is 8.31. The smallest absolute Gasteiger partial charge is 0.289 e. The topological polar surface area (TPSA) is 91.1 Å². The molecule has 1 aliphatic rings. The molecule has 1 saturated heterocycles. The first kappa shape index (κ1) is 19.5. The maximum absolute atomic E-state index is 12.5. The van der Waals surface area contributed by atoms with Gasteiger partial charge in [0.1, 0.15) is 0 Å². The standard InChI is InChI=1S/C16H25N3O5S/c1-4-13(2)19(25(3,22)23)12-15(20)17-7-9-18(10-8-17)16(21)14-6-5-11-24-14/h5-6,11,13H,4,7-10,12H2,1-3H3. The lowest BCUT2D eigenvalue weighted by molar-refractivity contribution is -0.133. The van der Waals surface area contributed by atoms with Crippen LogP contribution in [0.25, 0.3) is 0 Å². The maximum atomic E-state index is 12.5. The van der Waals surface area contributed by atoms with Crippen molar-refractivity contribution in [2.75, 3.05) is 39.0 Å². The molecular formula is C16H25N3O5S. The number of rotatable bonds is 6. The van der Waals surface area contributed by atoms with Gasteiger partial charge in [-0.1, -0.05) is 6.92 Å². The molecule has 2 amide bonds. The fraction of sp³-hybridized carbons (Fsp3) is 0.625. The van der Waals surface area contributed by atoms with Gasteiger partial charge in [0.15, 0.2) is 5.76 Å². The third-order valence-corrected chi connectivity index (χ3v) is 5.79. The van der Waals surface area contributed by atoms with Crippen molar-refractivity contribution in [3.63, 3.8) is 0 Å². The van der Waals surface area contributed by atoms with Crippen molar-refractivity contribution < 1.29 is 22.4 Å². The van der Waals surface area contributed by atoms with E-state index in [0.717, 1.165) is 6.26 Å². The number of sulfonamides is 1. The minimum absolute atomic E-state index is 0.167. The molecular weight excluding hydrogens is 346 g/mol. The molecule has 0 radical (unpaired) electrons. The van der Waals surface area contributed by atoms with Crippen LogP contribution in [0.4, 0.5) is 0 Å². The summed E-state index contributed by atoms with van der Waals surface area (Å²) in [5.41, 5.74) is 0. The predicted octanol–water partition coefficient (Wildman–Crippen LogP) is 0.624. The number of hydrogen-bond acceptors (Lipinski definition) is 5. The largest absolute Gasteiger partial charge is 0.459 e. The molecule has 2 rings (SSSR count). The van der Waals surface area contributed by atoms with Gasteiger partial charge in [0.25, 0.3) is 5.91 Å². The molecule has 2 heterocycles. The van der Waals surface area contributed by atoms with E-state index in [0.29, 0.717) is 32.6 Å². The Morgan fingerprint density at radius 1 is 1.24 bits per heavy atom. The molecule has 9 heteroatoms. The number of hydrogen-bond donors (Lipinski definition) is 0. The molecule has 140 valence electrons. The lowest BCUT2D eigenvalue weighted by Crippen LogP contribution is -2.53. The van der Waals surface area contributed by atoms with Gasteiger partial charge in [0, 0.05) is 32.2 Å². The lowest BCUT2D eigenvalue weighted by Gasteiger charge is -2.36. The SMILES string of the molecule is CCC(C)N(CC(=O)N1CCN(C(=O)c2ccco2)CC1)S(C)(=O)=O. The fourth-order valence-corrected chi connectivity index (χ4v) is 3.90. The van der Waals surface area contributed by atoms with E-state index in [-0.39, 0.29) is 30.2 Å². The third-order valence-electron chi connectivity index (χ3n) is 4.45. The Bertz CT molecular complexity index is 693. The van der Waals surface area contributed by atoms with E-state index >= 15 is 0 Å². The van der Waals surface area contributed by atoms with Crippen molar-refractivity contribution in [2.24, 2.45) is 0 Å². The second kappa shape index (κ2) is 8.01. The van der Waals surface area contributed by atoms with Gasteiger partial charge in [-0.2, -0.15) is 4.31 Å². The predicted molar refractivity (Wildman–Crippen MR) is 92.5 cm³/mol. The van der Waals surface area contributed by atoms with Gasteiger partial charge in [-0.15, -0.1) is 0 Å². The van der Waals surface area contributed by atoms with E-state index in [4.69, 9.17) is 4.42 Å². The van der Waals surface area contributed by atoms with Crippen LogP contribution in [0.2, 0.25) is 0 Å². The number of furan rings is 1. The quantitative estimate of drug-likeness (QED) is 0.731. The van der Waals surface area contributed by atoms with Gasteiger partial charge in [-0.3, -0.25) is 9.59 Å². The van der Waals surface area contributed by atoms with Gasteiger partial charge < -0.3 is 14.2 Å². The van der Waals surface area contributed by atoms with Crippen LogP contribution >= 0.6 is 0 Å². The summed E-state index contributed by atoms with van der Waals surface area (Å²) in [6.45, 7) is 5.05. The fourth-order valence-electron chi connectivity index (χ4n) is 2.75. The van der Waals surface area contributed by atoms with Crippen LogP contribution in [0.3, 0.4) is 0 Å². The molecule has 0 bridgehead atoms. The summed E-state index contributed by atoms with van der Waals surface area (Å²) < 4.78 is 30.2. The zero-order chi connectivity index (χ0) is 18.6. The van der Waals surface area contributed by atoms with Gasteiger partial charge in [0.05, 0.1) is 19.1 Å². The average Bonchev–Trinajstić information content (AvgIpc) is 3.11. The second-order valence-corrected chi connectivity index (χ2v) is 8.15. The van der Waals surface area contributed by atoms with Gasteiger partial charge in [-0.25, -0.2) is 8.42 Å². The molecule has 1 fully saturated rings. The van der Waals surface area contributed by atoms with Crippen LogP contribution in [0.5, 0.6) is 0 Å². The van der Waals surface area contributed by atoms with Crippen LogP contribution in [-0.4, -0.2) is 79.4 Å². The van der Waals surface area contributed by atoms with Crippen molar-refractivity contribution in [2.45, 2.75) is 26.3 Å². The monoisotopic (exact) mass is 371 g/mol. The highest BCUT2D eigenvalue weighted by atomic mass is 32.2. The molecule has 1 aromatic rings. The summed E-state index contributed by atoms with van der Waals surface area (Å²) >= 11 is 0. The molecule has 25 heavy (non-hydrogen) atoms. The molecule has 0 aliphatic carbocycles. The summed E-state index contributed by atoms with van der Waals surface area (Å²) in [5.74, 6) is -0.162. The van der Waals surface area contributed by atoms with Crippen LogP contribution < -0.4 is 0 Å². The summed E-state index contributed by atoms with van der Waals surface area (Å²) in [6.07, 6.45) is 3.19. The molecule has 0 spiro atoms. The zero-order valence-corrected chi connectivity index (χ0v) is 15.7. The number of carbonyl (C=O) groups is 2. The lowest BCUT2D eigenvalue weighted by atomic mass is 10.2. The summed E-state index contributed by atoms with van der Waals surface area (Å²) in [7, 11) is -3.45. The van der Waals surface area contributed by atoms with Gasteiger partial charge in [-0.05, 0) is 25.5 Å². The number of piperazine rings is 1. The van der Waals surface area contributed by atoms with E-state index in [9.17, 15) is 18.0 Å². The van der Waals surface area contributed by atoms with Crippen molar-refractivity contribution >= 4 is 21.8 Å². The highest BCUT2D eigenvalue weighted by molar-refractivity contribution is 7.88. The number of nitrogens with zero attached hydrogens (tertiary/aromatic N) is 3. The Hall–Kier alpha value is -1.87. The maximum Gasteiger partial charge on any atom is 0.289 e. The number of amides is 2. The molecule has 1 aromatic heterocycles. The minimum Gasteiger partial charge on any atom is -0.459 e.